The average Bonchev–Trinajstić information content (AvgIpc) is 2.61. The minimum Gasteiger partial charge on any atom is -0.439 e. The molecule has 0 unspecified atom stereocenters. The van der Waals surface area contributed by atoms with Crippen molar-refractivity contribution in [1.82, 2.24) is 5.43 Å². The maximum Gasteiger partial charge on any atom is 0.364 e. The lowest BCUT2D eigenvalue weighted by Crippen LogP contribution is -2.33. The molecule has 0 radical (unpaired) electrons. The van der Waals surface area contributed by atoms with Gasteiger partial charge in [0.25, 0.3) is 0 Å². The molecule has 2 aromatic carbocycles. The number of ether oxygens (including phenoxy) is 3. The summed E-state index contributed by atoms with van der Waals surface area (Å²) in [6.45, 7) is 4.44. The van der Waals surface area contributed by atoms with Gasteiger partial charge in [0, 0.05) is 5.02 Å². The van der Waals surface area contributed by atoms with Crippen molar-refractivity contribution in [2.75, 3.05) is 6.79 Å². The average molecular weight is 408 g/mol. The SMILES string of the molecule is CC(C)(C)C(=O)OCOC(=O)/C(NN)=C(/N)Oc1ccc2cc(Cl)ccc2c1. The van der Waals surface area contributed by atoms with Gasteiger partial charge in [0.15, 0.2) is 5.70 Å². The number of hydrazine groups is 1. The number of nitrogens with one attached hydrogen (secondary N) is 1. The molecule has 0 amide bonds. The van der Waals surface area contributed by atoms with E-state index in [9.17, 15) is 9.59 Å². The molecule has 28 heavy (non-hydrogen) atoms. The van der Waals surface area contributed by atoms with E-state index in [2.05, 4.69) is 5.43 Å². The maximum absolute atomic E-state index is 12.1. The van der Waals surface area contributed by atoms with Crippen molar-refractivity contribution in [3.63, 3.8) is 0 Å². The van der Waals surface area contributed by atoms with Crippen LogP contribution in [0.4, 0.5) is 0 Å². The quantitative estimate of drug-likeness (QED) is 0.166. The third kappa shape index (κ3) is 5.51. The van der Waals surface area contributed by atoms with Crippen LogP contribution in [0.5, 0.6) is 5.75 Å². The summed E-state index contributed by atoms with van der Waals surface area (Å²) in [5.74, 6) is 3.97. The predicted molar refractivity (Wildman–Crippen MR) is 105 cm³/mol. The van der Waals surface area contributed by atoms with Crippen molar-refractivity contribution >= 4 is 34.3 Å². The second-order valence-corrected chi connectivity index (χ2v) is 7.31. The van der Waals surface area contributed by atoms with Crippen LogP contribution in [-0.2, 0) is 19.1 Å². The summed E-state index contributed by atoms with van der Waals surface area (Å²) >= 11 is 5.96. The van der Waals surface area contributed by atoms with E-state index in [1.807, 2.05) is 12.1 Å². The first-order chi connectivity index (χ1) is 13.1. The van der Waals surface area contributed by atoms with Gasteiger partial charge in [0.2, 0.25) is 12.7 Å². The van der Waals surface area contributed by atoms with E-state index in [4.69, 9.17) is 37.4 Å². The molecule has 0 heterocycles. The summed E-state index contributed by atoms with van der Waals surface area (Å²) in [6, 6.07) is 10.6. The Morgan fingerprint density at radius 1 is 1.07 bits per heavy atom. The topological polar surface area (TPSA) is 126 Å². The minimum absolute atomic E-state index is 0.303. The molecule has 0 saturated carbocycles. The highest BCUT2D eigenvalue weighted by molar-refractivity contribution is 6.31. The Kier molecular flexibility index (Phi) is 6.71. The molecule has 0 aliphatic carbocycles. The molecule has 0 saturated heterocycles. The fourth-order valence-corrected chi connectivity index (χ4v) is 2.27. The Morgan fingerprint density at radius 3 is 2.36 bits per heavy atom. The fraction of sp³-hybridized carbons (Fsp3) is 0.263. The Labute approximate surface area is 167 Å². The zero-order valence-electron chi connectivity index (χ0n) is 15.7. The number of benzene rings is 2. The molecule has 8 nitrogen and oxygen atoms in total. The number of nitrogens with two attached hydrogens (primary N) is 2. The molecule has 0 fully saturated rings. The first kappa shape index (κ1) is 21.3. The van der Waals surface area contributed by atoms with Crippen LogP contribution >= 0.6 is 11.6 Å². The highest BCUT2D eigenvalue weighted by Crippen LogP contribution is 2.24. The molecule has 0 spiro atoms. The van der Waals surface area contributed by atoms with Gasteiger partial charge in [-0.3, -0.25) is 10.6 Å². The zero-order chi connectivity index (χ0) is 20.9. The van der Waals surface area contributed by atoms with Crippen LogP contribution < -0.4 is 21.7 Å². The van der Waals surface area contributed by atoms with Gasteiger partial charge in [-0.2, -0.15) is 0 Å². The van der Waals surface area contributed by atoms with Crippen LogP contribution in [0.15, 0.2) is 48.0 Å². The van der Waals surface area contributed by atoms with Crippen molar-refractivity contribution in [2.24, 2.45) is 17.0 Å². The van der Waals surface area contributed by atoms with Crippen LogP contribution in [0.3, 0.4) is 0 Å². The van der Waals surface area contributed by atoms with Gasteiger partial charge < -0.3 is 25.4 Å². The van der Waals surface area contributed by atoms with E-state index in [1.54, 1.807) is 45.0 Å². The number of carbonyl (C=O) groups excluding carboxylic acids is 2. The molecule has 0 aromatic heterocycles. The summed E-state index contributed by atoms with van der Waals surface area (Å²) in [5, 5.41) is 2.40. The standard InChI is InChI=1S/C19H22ClN3O5/c1-19(2,3)18(25)27-10-26-17(24)15(23-22)16(21)28-14-7-5-11-8-13(20)6-4-12(11)9-14/h4-9,23H,10,21-22H2,1-3H3/b16-15+. The number of halogens is 1. The van der Waals surface area contributed by atoms with Crippen LogP contribution in [0.2, 0.25) is 5.02 Å². The van der Waals surface area contributed by atoms with Gasteiger partial charge in [-0.1, -0.05) is 23.7 Å². The summed E-state index contributed by atoms with van der Waals surface area (Å²) < 4.78 is 15.2. The number of esters is 2. The molecular formula is C19H22ClN3O5. The molecule has 0 atom stereocenters. The van der Waals surface area contributed by atoms with Gasteiger partial charge in [-0.25, -0.2) is 4.79 Å². The summed E-state index contributed by atoms with van der Waals surface area (Å²) in [6.07, 6.45) is 0. The van der Waals surface area contributed by atoms with Crippen molar-refractivity contribution in [1.29, 1.82) is 0 Å². The van der Waals surface area contributed by atoms with Crippen LogP contribution in [0.25, 0.3) is 10.8 Å². The molecule has 0 aliphatic rings. The number of hydrogen-bond donors (Lipinski definition) is 3. The van der Waals surface area contributed by atoms with Crippen molar-refractivity contribution in [3.8, 4) is 5.75 Å². The van der Waals surface area contributed by atoms with E-state index in [0.717, 1.165) is 10.8 Å². The number of carbonyl (C=O) groups is 2. The highest BCUT2D eigenvalue weighted by Gasteiger charge is 2.24. The highest BCUT2D eigenvalue weighted by atomic mass is 35.5. The lowest BCUT2D eigenvalue weighted by Gasteiger charge is -2.17. The normalized spacial score (nSPS) is 12.2. The van der Waals surface area contributed by atoms with Gasteiger partial charge in [0.1, 0.15) is 5.75 Å². The maximum atomic E-state index is 12.1. The van der Waals surface area contributed by atoms with Crippen LogP contribution in [0, 0.1) is 5.41 Å². The minimum atomic E-state index is -0.936. The second-order valence-electron chi connectivity index (χ2n) is 6.87. The summed E-state index contributed by atoms with van der Waals surface area (Å²) in [5.41, 5.74) is 6.91. The third-order valence-corrected chi connectivity index (χ3v) is 3.82. The summed E-state index contributed by atoms with van der Waals surface area (Å²) in [4.78, 5) is 23.8. The molecular weight excluding hydrogens is 386 g/mol. The number of fused-ring (bicyclic) bond motifs is 1. The van der Waals surface area contributed by atoms with Crippen molar-refractivity contribution in [2.45, 2.75) is 20.8 Å². The molecule has 0 aliphatic heterocycles. The van der Waals surface area contributed by atoms with E-state index >= 15 is 0 Å². The Balaban J connectivity index is 2.07. The van der Waals surface area contributed by atoms with E-state index in [-0.39, 0.29) is 11.6 Å². The summed E-state index contributed by atoms with van der Waals surface area (Å²) in [7, 11) is 0. The van der Waals surface area contributed by atoms with Gasteiger partial charge >= 0.3 is 11.9 Å². The van der Waals surface area contributed by atoms with Crippen molar-refractivity contribution in [3.05, 3.63) is 53.0 Å². The Bertz CT molecular complexity index is 921. The third-order valence-electron chi connectivity index (χ3n) is 3.59. The Morgan fingerprint density at radius 2 is 1.71 bits per heavy atom. The van der Waals surface area contributed by atoms with Crippen LogP contribution in [0.1, 0.15) is 20.8 Å². The van der Waals surface area contributed by atoms with Gasteiger partial charge in [-0.05, 0) is 55.8 Å². The molecule has 2 aromatic rings. The lowest BCUT2D eigenvalue weighted by molar-refractivity contribution is -0.171. The number of rotatable bonds is 6. The Hall–Kier alpha value is -2.97. The first-order valence-electron chi connectivity index (χ1n) is 8.29. The van der Waals surface area contributed by atoms with Crippen molar-refractivity contribution < 1.29 is 23.8 Å². The van der Waals surface area contributed by atoms with E-state index < -0.39 is 24.1 Å². The first-order valence-corrected chi connectivity index (χ1v) is 8.67. The van der Waals surface area contributed by atoms with E-state index in [0.29, 0.717) is 10.8 Å². The molecule has 9 heteroatoms. The van der Waals surface area contributed by atoms with Gasteiger partial charge in [-0.15, -0.1) is 0 Å². The fourth-order valence-electron chi connectivity index (χ4n) is 2.09. The largest absolute Gasteiger partial charge is 0.439 e. The lowest BCUT2D eigenvalue weighted by atomic mass is 9.98. The monoisotopic (exact) mass is 407 g/mol. The molecule has 150 valence electrons. The van der Waals surface area contributed by atoms with Crippen LogP contribution in [-0.4, -0.2) is 18.7 Å². The second kappa shape index (κ2) is 8.81. The zero-order valence-corrected chi connectivity index (χ0v) is 16.5. The van der Waals surface area contributed by atoms with E-state index in [1.165, 1.54) is 0 Å². The molecule has 2 rings (SSSR count). The smallest absolute Gasteiger partial charge is 0.364 e. The van der Waals surface area contributed by atoms with Gasteiger partial charge in [0.05, 0.1) is 5.41 Å². The predicted octanol–water partition coefficient (Wildman–Crippen LogP) is 2.55. The molecule has 5 N–H and O–H groups in total. The molecule has 0 bridgehead atoms. The number of hydrogen-bond acceptors (Lipinski definition) is 8.